The summed E-state index contributed by atoms with van der Waals surface area (Å²) in [5, 5.41) is 3.34. The number of amides is 1. The lowest BCUT2D eigenvalue weighted by atomic mass is 9.99. The Morgan fingerprint density at radius 1 is 1.33 bits per heavy atom. The van der Waals surface area contributed by atoms with Crippen molar-refractivity contribution in [3.05, 3.63) is 53.5 Å². The van der Waals surface area contributed by atoms with Gasteiger partial charge < -0.3 is 15.0 Å². The Balaban J connectivity index is 1.71. The number of hydrogen-bond donors (Lipinski definition) is 1. The fourth-order valence-electron chi connectivity index (χ4n) is 2.84. The van der Waals surface area contributed by atoms with Gasteiger partial charge in [0.05, 0.1) is 11.7 Å². The van der Waals surface area contributed by atoms with E-state index in [9.17, 15) is 4.79 Å². The van der Waals surface area contributed by atoms with Crippen molar-refractivity contribution in [2.45, 2.75) is 25.9 Å². The zero-order chi connectivity index (χ0) is 16.9. The van der Waals surface area contributed by atoms with Crippen molar-refractivity contribution in [2.24, 2.45) is 0 Å². The van der Waals surface area contributed by atoms with Crippen molar-refractivity contribution >= 4 is 11.7 Å². The lowest BCUT2D eigenvalue weighted by Gasteiger charge is -2.40. The molecule has 2 aromatic rings. The Morgan fingerprint density at radius 3 is 2.79 bits per heavy atom. The zero-order valence-electron chi connectivity index (χ0n) is 14.0. The van der Waals surface area contributed by atoms with Crippen LogP contribution in [0.3, 0.4) is 0 Å². The number of nitrogens with zero attached hydrogens (tertiary/aromatic N) is 3. The first kappa shape index (κ1) is 16.4. The summed E-state index contributed by atoms with van der Waals surface area (Å²) >= 11 is 0. The minimum absolute atomic E-state index is 0.00353. The van der Waals surface area contributed by atoms with Gasteiger partial charge in [-0.25, -0.2) is 9.97 Å². The molecule has 24 heavy (non-hydrogen) atoms. The van der Waals surface area contributed by atoms with Gasteiger partial charge in [-0.1, -0.05) is 30.3 Å². The second-order valence-corrected chi connectivity index (χ2v) is 5.89. The monoisotopic (exact) mass is 326 g/mol. The van der Waals surface area contributed by atoms with Gasteiger partial charge in [-0.3, -0.25) is 4.79 Å². The highest BCUT2D eigenvalue weighted by Crippen LogP contribution is 2.33. The lowest BCUT2D eigenvalue weighted by molar-refractivity contribution is -0.143. The fourth-order valence-corrected chi connectivity index (χ4v) is 2.84. The third-order valence-electron chi connectivity index (χ3n) is 4.12. The third kappa shape index (κ3) is 3.71. The van der Waals surface area contributed by atoms with Crippen LogP contribution in [-0.4, -0.2) is 41.0 Å². The maximum absolute atomic E-state index is 12.0. The lowest BCUT2D eigenvalue weighted by Crippen LogP contribution is -2.47. The molecule has 6 heteroatoms. The van der Waals surface area contributed by atoms with Crippen molar-refractivity contribution in [1.29, 1.82) is 0 Å². The van der Waals surface area contributed by atoms with Crippen LogP contribution < -0.4 is 5.32 Å². The SMILES string of the molecule is COCC(=O)N1CC[C@H]1c1cc(NCc2ccccc2)nc(C)n1. The molecule has 2 heterocycles. The van der Waals surface area contributed by atoms with E-state index in [1.54, 1.807) is 0 Å². The predicted octanol–water partition coefficient (Wildman–Crippen LogP) is 2.32. The van der Waals surface area contributed by atoms with Crippen LogP contribution in [0.25, 0.3) is 0 Å². The highest BCUT2D eigenvalue weighted by molar-refractivity contribution is 5.78. The zero-order valence-corrected chi connectivity index (χ0v) is 14.0. The smallest absolute Gasteiger partial charge is 0.249 e. The van der Waals surface area contributed by atoms with Gasteiger partial charge in [0, 0.05) is 26.3 Å². The predicted molar refractivity (Wildman–Crippen MR) is 91.5 cm³/mol. The molecule has 3 rings (SSSR count). The van der Waals surface area contributed by atoms with Crippen LogP contribution in [0.15, 0.2) is 36.4 Å². The molecule has 6 nitrogen and oxygen atoms in total. The maximum atomic E-state index is 12.0. The van der Waals surface area contributed by atoms with E-state index >= 15 is 0 Å². The highest BCUT2D eigenvalue weighted by Gasteiger charge is 2.34. The minimum atomic E-state index is 0.00353. The molecule has 1 fully saturated rings. The van der Waals surface area contributed by atoms with Gasteiger partial charge in [0.2, 0.25) is 5.91 Å². The van der Waals surface area contributed by atoms with E-state index in [-0.39, 0.29) is 18.6 Å². The highest BCUT2D eigenvalue weighted by atomic mass is 16.5. The number of anilines is 1. The molecule has 1 aromatic carbocycles. The number of likely N-dealkylation sites (tertiary alicyclic amines) is 1. The Hall–Kier alpha value is -2.47. The number of aromatic nitrogens is 2. The number of rotatable bonds is 6. The number of benzene rings is 1. The molecular formula is C18H22N4O2. The first-order chi connectivity index (χ1) is 11.7. The quantitative estimate of drug-likeness (QED) is 0.882. The van der Waals surface area contributed by atoms with E-state index in [2.05, 4.69) is 27.4 Å². The van der Waals surface area contributed by atoms with E-state index in [1.165, 1.54) is 12.7 Å². The van der Waals surface area contributed by atoms with Gasteiger partial charge in [-0.05, 0) is 18.9 Å². The summed E-state index contributed by atoms with van der Waals surface area (Å²) in [6, 6.07) is 12.1. The standard InChI is InChI=1S/C18H22N4O2/c1-13-20-15(16-8-9-22(16)18(23)12-24-2)10-17(21-13)19-11-14-6-4-3-5-7-14/h3-7,10,16H,8-9,11-12H2,1-2H3,(H,19,20,21)/t16-/m0/s1. The fraction of sp³-hybridized carbons (Fsp3) is 0.389. The molecule has 0 aliphatic carbocycles. The van der Waals surface area contributed by atoms with E-state index in [0.29, 0.717) is 12.4 Å². The number of carbonyl (C=O) groups excluding carboxylic acids is 1. The van der Waals surface area contributed by atoms with Gasteiger partial charge in [0.25, 0.3) is 0 Å². The van der Waals surface area contributed by atoms with E-state index < -0.39 is 0 Å². The second kappa shape index (κ2) is 7.40. The van der Waals surface area contributed by atoms with Crippen LogP contribution in [0.5, 0.6) is 0 Å². The van der Waals surface area contributed by atoms with Crippen LogP contribution in [-0.2, 0) is 16.1 Å². The molecule has 1 atom stereocenters. The van der Waals surface area contributed by atoms with Crippen LogP contribution in [0.4, 0.5) is 5.82 Å². The number of aryl methyl sites for hydroxylation is 1. The molecule has 0 bridgehead atoms. The Morgan fingerprint density at radius 2 is 2.12 bits per heavy atom. The van der Waals surface area contributed by atoms with Crippen LogP contribution in [0.2, 0.25) is 0 Å². The van der Waals surface area contributed by atoms with Crippen molar-refractivity contribution < 1.29 is 9.53 Å². The molecule has 1 N–H and O–H groups in total. The first-order valence-corrected chi connectivity index (χ1v) is 8.09. The van der Waals surface area contributed by atoms with Gasteiger partial charge in [0.1, 0.15) is 18.2 Å². The topological polar surface area (TPSA) is 67.3 Å². The maximum Gasteiger partial charge on any atom is 0.249 e. The number of hydrogen-bond acceptors (Lipinski definition) is 5. The Labute approximate surface area is 141 Å². The molecule has 0 saturated carbocycles. The van der Waals surface area contributed by atoms with Gasteiger partial charge in [-0.15, -0.1) is 0 Å². The number of methoxy groups -OCH3 is 1. The summed E-state index contributed by atoms with van der Waals surface area (Å²) in [5.74, 6) is 1.49. The van der Waals surface area contributed by atoms with Crippen molar-refractivity contribution in [1.82, 2.24) is 14.9 Å². The molecule has 1 aliphatic rings. The summed E-state index contributed by atoms with van der Waals surface area (Å²) in [6.45, 7) is 3.44. The van der Waals surface area contributed by atoms with E-state index in [4.69, 9.17) is 4.74 Å². The van der Waals surface area contributed by atoms with E-state index in [1.807, 2.05) is 36.1 Å². The molecule has 0 radical (unpaired) electrons. The molecule has 0 unspecified atom stereocenters. The normalized spacial score (nSPS) is 16.6. The largest absolute Gasteiger partial charge is 0.375 e. The van der Waals surface area contributed by atoms with E-state index in [0.717, 1.165) is 24.5 Å². The molecule has 1 aliphatic heterocycles. The molecule has 1 aromatic heterocycles. The minimum Gasteiger partial charge on any atom is -0.375 e. The Kier molecular flexibility index (Phi) is 5.05. The summed E-state index contributed by atoms with van der Waals surface area (Å²) in [7, 11) is 1.53. The molecule has 1 amide bonds. The third-order valence-corrected chi connectivity index (χ3v) is 4.12. The van der Waals surface area contributed by atoms with Crippen LogP contribution in [0, 0.1) is 6.92 Å². The number of ether oxygens (including phenoxy) is 1. The summed E-state index contributed by atoms with van der Waals surface area (Å²) in [5.41, 5.74) is 2.07. The summed E-state index contributed by atoms with van der Waals surface area (Å²) in [4.78, 5) is 22.8. The molecular weight excluding hydrogens is 304 g/mol. The molecule has 126 valence electrons. The first-order valence-electron chi connectivity index (χ1n) is 8.09. The number of carbonyl (C=O) groups is 1. The van der Waals surface area contributed by atoms with Crippen LogP contribution >= 0.6 is 0 Å². The van der Waals surface area contributed by atoms with Gasteiger partial charge in [0.15, 0.2) is 0 Å². The summed E-state index contributed by atoms with van der Waals surface area (Å²) < 4.78 is 4.94. The van der Waals surface area contributed by atoms with Crippen molar-refractivity contribution in [3.63, 3.8) is 0 Å². The van der Waals surface area contributed by atoms with Crippen LogP contribution in [0.1, 0.15) is 29.5 Å². The van der Waals surface area contributed by atoms with Crippen molar-refractivity contribution in [3.8, 4) is 0 Å². The van der Waals surface area contributed by atoms with Crippen molar-refractivity contribution in [2.75, 3.05) is 25.6 Å². The second-order valence-electron chi connectivity index (χ2n) is 5.89. The number of nitrogens with one attached hydrogen (secondary N) is 1. The van der Waals surface area contributed by atoms with Gasteiger partial charge >= 0.3 is 0 Å². The molecule has 1 saturated heterocycles. The molecule has 0 spiro atoms. The average molecular weight is 326 g/mol. The average Bonchev–Trinajstić information content (AvgIpc) is 2.53. The summed E-state index contributed by atoms with van der Waals surface area (Å²) in [6.07, 6.45) is 0.921. The van der Waals surface area contributed by atoms with Gasteiger partial charge in [-0.2, -0.15) is 0 Å². The Bertz CT molecular complexity index is 705.